The lowest BCUT2D eigenvalue weighted by Gasteiger charge is -2.43. The first-order chi connectivity index (χ1) is 14.3. The van der Waals surface area contributed by atoms with Gasteiger partial charge >= 0.3 is 18.5 Å². The minimum absolute atomic E-state index is 0.0345. The smallest absolute Gasteiger partial charge is 0.320 e. The number of ether oxygens (including phenoxy) is 1. The molecule has 1 aromatic rings. The molecule has 7 heteroatoms. The van der Waals surface area contributed by atoms with Gasteiger partial charge < -0.3 is 4.74 Å². The number of alkyl halides is 2. The van der Waals surface area contributed by atoms with Crippen LogP contribution >= 0.6 is 0 Å². The van der Waals surface area contributed by atoms with E-state index in [9.17, 15) is 13.6 Å². The van der Waals surface area contributed by atoms with Crippen LogP contribution in [0.15, 0.2) is 18.2 Å². The number of amides is 1. The van der Waals surface area contributed by atoms with Crippen LogP contribution < -0.4 is 10.7 Å². The van der Waals surface area contributed by atoms with E-state index in [0.29, 0.717) is 31.6 Å². The van der Waals surface area contributed by atoms with Gasteiger partial charge in [-0.25, -0.2) is 4.90 Å². The van der Waals surface area contributed by atoms with Crippen molar-refractivity contribution >= 4 is 11.9 Å². The van der Waals surface area contributed by atoms with Crippen LogP contribution in [-0.2, 0) is 27.9 Å². The predicted molar refractivity (Wildman–Crippen MR) is 108 cm³/mol. The number of halogens is 2. The fourth-order valence-electron chi connectivity index (χ4n) is 6.28. The average Bonchev–Trinajstić information content (AvgIpc) is 3.07. The second kappa shape index (κ2) is 7.01. The number of carbonyl (C=O) groups excluding carboxylic acids is 1. The van der Waals surface area contributed by atoms with Gasteiger partial charge in [-0.3, -0.25) is 15.5 Å². The molecule has 30 heavy (non-hydrogen) atoms. The normalized spacial score (nSPS) is 33.5. The first-order valence-electron chi connectivity index (χ1n) is 11.1. The van der Waals surface area contributed by atoms with Crippen LogP contribution in [0.1, 0.15) is 61.6 Å². The third-order valence-electron chi connectivity index (χ3n) is 8.14. The molecular formula is C23H30F2N3O2+. The minimum Gasteiger partial charge on any atom is -0.320 e. The molecule has 2 fully saturated rings. The molecule has 0 saturated heterocycles. The average molecular weight is 419 g/mol. The van der Waals surface area contributed by atoms with Crippen LogP contribution in [0.4, 0.5) is 8.78 Å². The maximum absolute atomic E-state index is 13.6. The molecule has 3 aliphatic carbocycles. The second-order valence-electron chi connectivity index (χ2n) is 9.67. The number of guanidine groups is 1. The molecule has 0 bridgehead atoms. The fourth-order valence-corrected chi connectivity index (χ4v) is 6.28. The molecule has 1 heterocycles. The lowest BCUT2D eigenvalue weighted by atomic mass is 9.61. The largest absolute Gasteiger partial charge is 0.351 e. The number of carbonyl (C=O) groups is 1. The van der Waals surface area contributed by atoms with Crippen LogP contribution in [0.3, 0.4) is 0 Å². The van der Waals surface area contributed by atoms with Gasteiger partial charge in [0.05, 0.1) is 13.2 Å². The molecule has 1 aromatic carbocycles. The number of hydrogen-bond donors (Lipinski definition) is 2. The zero-order chi connectivity index (χ0) is 21.1. The highest BCUT2D eigenvalue weighted by atomic mass is 19.3. The third-order valence-corrected chi connectivity index (χ3v) is 8.14. The van der Waals surface area contributed by atoms with E-state index in [-0.39, 0.29) is 11.3 Å². The van der Waals surface area contributed by atoms with E-state index in [1.807, 2.05) is 0 Å². The number of nitrogens with one attached hydrogen (secondary N) is 1. The van der Waals surface area contributed by atoms with E-state index in [4.69, 9.17) is 10.5 Å². The topological polar surface area (TPSA) is 69.5 Å². The number of fused-ring (bicyclic) bond motifs is 3. The van der Waals surface area contributed by atoms with E-state index in [2.05, 4.69) is 23.2 Å². The van der Waals surface area contributed by atoms with Gasteiger partial charge in [-0.2, -0.15) is 8.78 Å². The fraction of sp³-hybridized carbons (Fsp3) is 0.652. The molecule has 1 atom stereocenters. The van der Waals surface area contributed by atoms with Gasteiger partial charge in [0.15, 0.2) is 0 Å². The van der Waals surface area contributed by atoms with Crippen LogP contribution in [0.2, 0.25) is 0 Å². The van der Waals surface area contributed by atoms with Crippen LogP contribution in [-0.4, -0.2) is 36.5 Å². The van der Waals surface area contributed by atoms with Crippen molar-refractivity contribution in [2.75, 3.05) is 7.05 Å². The molecule has 0 radical (unpaired) electrons. The maximum atomic E-state index is 13.6. The number of nitrogens with zero attached hydrogens (tertiary/aromatic N) is 1. The molecule has 1 unspecified atom stereocenters. The molecule has 162 valence electrons. The Labute approximate surface area is 175 Å². The van der Waals surface area contributed by atoms with Gasteiger partial charge in [-0.15, -0.1) is 0 Å². The van der Waals surface area contributed by atoms with E-state index in [1.54, 1.807) is 7.05 Å². The molecule has 3 N–H and O–H groups in total. The van der Waals surface area contributed by atoms with Crippen molar-refractivity contribution in [2.24, 2.45) is 17.1 Å². The lowest BCUT2D eigenvalue weighted by molar-refractivity contribution is -0.563. The highest BCUT2D eigenvalue weighted by Crippen LogP contribution is 2.57. The van der Waals surface area contributed by atoms with E-state index >= 15 is 0 Å². The first kappa shape index (κ1) is 19.9. The summed E-state index contributed by atoms with van der Waals surface area (Å²) in [7, 11) is 1.70. The maximum Gasteiger partial charge on any atom is 0.351 e. The van der Waals surface area contributed by atoms with Crippen molar-refractivity contribution in [3.63, 3.8) is 0 Å². The second-order valence-corrected chi connectivity index (χ2v) is 9.67. The Morgan fingerprint density at radius 3 is 2.57 bits per heavy atom. The summed E-state index contributed by atoms with van der Waals surface area (Å²) in [6.07, 6.45) is 7.55. The Bertz CT molecular complexity index is 890. The molecular weight excluding hydrogens is 388 g/mol. The highest BCUT2D eigenvalue weighted by molar-refractivity contribution is 6.03. The van der Waals surface area contributed by atoms with Gasteiger partial charge in [0.25, 0.3) is 0 Å². The zero-order valence-electron chi connectivity index (χ0n) is 17.4. The molecule has 5 nitrogen and oxygen atoms in total. The summed E-state index contributed by atoms with van der Waals surface area (Å²) in [5.41, 5.74) is 8.39. The first-order valence-corrected chi connectivity index (χ1v) is 11.1. The SMILES string of the molecule is CN1C(=O)C2([NH+]=C1N)c1cc(CC3CCC3)ccc1CC21CCC(OC(F)F)CC1. The molecule has 0 aromatic heterocycles. The zero-order valence-corrected chi connectivity index (χ0v) is 17.4. The van der Waals surface area contributed by atoms with Crippen molar-refractivity contribution < 1.29 is 23.3 Å². The number of rotatable bonds is 4. The quantitative estimate of drug-likeness (QED) is 0.784. The molecule has 4 aliphatic rings. The summed E-state index contributed by atoms with van der Waals surface area (Å²) in [6.45, 7) is -2.76. The summed E-state index contributed by atoms with van der Waals surface area (Å²) in [5.74, 6) is 1.07. The number of nitrogens with two attached hydrogens (primary N) is 1. The van der Waals surface area contributed by atoms with Crippen molar-refractivity contribution in [2.45, 2.75) is 76.0 Å². The number of benzene rings is 1. The van der Waals surface area contributed by atoms with Crippen LogP contribution in [0, 0.1) is 11.3 Å². The Morgan fingerprint density at radius 2 is 2.00 bits per heavy atom. The number of hydrogen-bond acceptors (Lipinski definition) is 3. The van der Waals surface area contributed by atoms with Gasteiger partial charge in [-0.1, -0.05) is 37.5 Å². The van der Waals surface area contributed by atoms with E-state index in [1.165, 1.54) is 35.3 Å². The summed E-state index contributed by atoms with van der Waals surface area (Å²) >= 11 is 0. The summed E-state index contributed by atoms with van der Waals surface area (Å²) in [6, 6.07) is 6.58. The van der Waals surface area contributed by atoms with E-state index < -0.39 is 18.3 Å². The summed E-state index contributed by atoms with van der Waals surface area (Å²) in [4.78, 5) is 18.5. The van der Waals surface area contributed by atoms with Crippen molar-refractivity contribution in [3.8, 4) is 0 Å². The Hall–Kier alpha value is -2.02. The van der Waals surface area contributed by atoms with Crippen molar-refractivity contribution in [1.29, 1.82) is 0 Å². The van der Waals surface area contributed by atoms with Crippen LogP contribution in [0.25, 0.3) is 0 Å². The molecule has 5 rings (SSSR count). The van der Waals surface area contributed by atoms with Gasteiger partial charge in [-0.05, 0) is 55.6 Å². The standard InChI is InChI=1S/C23H29F2N3O2/c1-28-19(29)23(27-21(28)26)18-12-15(11-14-3-2-4-14)5-6-16(18)13-22(23)9-7-17(8-10-22)30-20(24)25/h5-6,12,14,17,20H,2-4,7-11,13H2,1H3,(H2,26,27)/p+1. The minimum atomic E-state index is -2.76. The monoisotopic (exact) mass is 418 g/mol. The summed E-state index contributed by atoms with van der Waals surface area (Å²) in [5, 5.41) is 0. The summed E-state index contributed by atoms with van der Waals surface area (Å²) < 4.78 is 30.3. The Morgan fingerprint density at radius 1 is 1.27 bits per heavy atom. The molecule has 1 amide bonds. The Balaban J connectivity index is 1.53. The molecule has 2 spiro atoms. The predicted octanol–water partition coefficient (Wildman–Crippen LogP) is 1.82. The number of likely N-dealkylation sites (N-methyl/N-ethyl adjacent to an activating group) is 1. The van der Waals surface area contributed by atoms with Crippen LogP contribution in [0.5, 0.6) is 0 Å². The van der Waals surface area contributed by atoms with Gasteiger partial charge in [0, 0.05) is 11.0 Å². The van der Waals surface area contributed by atoms with Gasteiger partial charge in [0.1, 0.15) is 0 Å². The third kappa shape index (κ3) is 2.81. The van der Waals surface area contributed by atoms with Crippen molar-refractivity contribution in [3.05, 3.63) is 34.9 Å². The van der Waals surface area contributed by atoms with Crippen molar-refractivity contribution in [1.82, 2.24) is 4.90 Å². The Kier molecular flexibility index (Phi) is 4.65. The van der Waals surface area contributed by atoms with Gasteiger partial charge in [0.2, 0.25) is 5.54 Å². The lowest BCUT2D eigenvalue weighted by Crippen LogP contribution is -2.89. The molecule has 2 saturated carbocycles. The van der Waals surface area contributed by atoms with E-state index in [0.717, 1.165) is 24.3 Å². The molecule has 1 aliphatic heterocycles. The highest BCUT2D eigenvalue weighted by Gasteiger charge is 2.69.